The number of amides is 1. The van der Waals surface area contributed by atoms with Gasteiger partial charge in [0.25, 0.3) is 5.91 Å². The zero-order chi connectivity index (χ0) is 12.3. The number of imidazole rings is 1. The van der Waals surface area contributed by atoms with Gasteiger partial charge in [-0.05, 0) is 6.07 Å². The number of nitrogens with zero attached hydrogens (tertiary/aromatic N) is 3. The van der Waals surface area contributed by atoms with Gasteiger partial charge in [-0.25, -0.2) is 4.98 Å². The monoisotopic (exact) mass is 227 g/mol. The van der Waals surface area contributed by atoms with Crippen LogP contribution in [0.1, 0.15) is 21.7 Å². The number of rotatable bonds is 2. The van der Waals surface area contributed by atoms with E-state index in [0.29, 0.717) is 5.56 Å². The maximum atomic E-state index is 11.6. The van der Waals surface area contributed by atoms with Gasteiger partial charge in [-0.15, -0.1) is 0 Å². The molecule has 0 unspecified atom stereocenters. The van der Waals surface area contributed by atoms with Gasteiger partial charge >= 0.3 is 0 Å². The van der Waals surface area contributed by atoms with Crippen LogP contribution in [-0.4, -0.2) is 15.9 Å². The molecule has 2 aromatic heterocycles. The van der Waals surface area contributed by atoms with Gasteiger partial charge in [0, 0.05) is 0 Å². The molecule has 1 amide bonds. The molecule has 0 aromatic carbocycles. The van der Waals surface area contributed by atoms with E-state index in [-0.39, 0.29) is 17.3 Å². The Morgan fingerprint density at radius 3 is 2.82 bits per heavy atom. The summed E-state index contributed by atoms with van der Waals surface area (Å²) < 4.78 is 4.75. The summed E-state index contributed by atoms with van der Waals surface area (Å²) in [5.41, 5.74) is 0.267. The number of hydrogen-bond acceptors (Lipinski definition) is 5. The lowest BCUT2D eigenvalue weighted by Crippen LogP contribution is -2.11. The average Bonchev–Trinajstić information content (AvgIpc) is 2.97. The van der Waals surface area contributed by atoms with Crippen LogP contribution in [0.5, 0.6) is 0 Å². The summed E-state index contributed by atoms with van der Waals surface area (Å²) in [6.07, 6.45) is 2.63. The Kier molecular flexibility index (Phi) is 2.59. The van der Waals surface area contributed by atoms with Crippen molar-refractivity contribution >= 4 is 11.9 Å². The number of nitriles is 2. The summed E-state index contributed by atoms with van der Waals surface area (Å²) in [7, 11) is 0. The van der Waals surface area contributed by atoms with Crippen molar-refractivity contribution in [1.29, 1.82) is 10.5 Å². The van der Waals surface area contributed by atoms with Crippen LogP contribution in [-0.2, 0) is 0 Å². The molecule has 0 aliphatic rings. The molecule has 2 aromatic rings. The molecule has 7 nitrogen and oxygen atoms in total. The summed E-state index contributed by atoms with van der Waals surface area (Å²) in [5.74, 6) is -0.397. The van der Waals surface area contributed by atoms with Crippen molar-refractivity contribution in [2.24, 2.45) is 0 Å². The zero-order valence-corrected chi connectivity index (χ0v) is 8.39. The molecule has 0 aliphatic carbocycles. The number of H-pyrrole nitrogens is 1. The number of nitrogens with one attached hydrogen (secondary N) is 2. The highest BCUT2D eigenvalue weighted by molar-refractivity contribution is 6.03. The third kappa shape index (κ3) is 1.98. The number of aromatic nitrogens is 2. The highest BCUT2D eigenvalue weighted by atomic mass is 16.3. The molecular formula is C10H5N5O2. The quantitative estimate of drug-likeness (QED) is 0.793. The molecule has 0 fully saturated rings. The zero-order valence-electron chi connectivity index (χ0n) is 8.39. The van der Waals surface area contributed by atoms with Crippen LogP contribution >= 0.6 is 0 Å². The lowest BCUT2D eigenvalue weighted by Gasteiger charge is -1.96. The van der Waals surface area contributed by atoms with Gasteiger partial charge in [-0.3, -0.25) is 10.1 Å². The molecule has 0 aliphatic heterocycles. The van der Waals surface area contributed by atoms with E-state index in [1.807, 2.05) is 0 Å². The van der Waals surface area contributed by atoms with E-state index in [1.54, 1.807) is 12.1 Å². The van der Waals surface area contributed by atoms with Crippen LogP contribution < -0.4 is 5.32 Å². The fourth-order valence-corrected chi connectivity index (χ4v) is 1.17. The molecule has 17 heavy (non-hydrogen) atoms. The topological polar surface area (TPSA) is 118 Å². The lowest BCUT2D eigenvalue weighted by molar-refractivity contribution is 0.102. The van der Waals surface area contributed by atoms with Crippen LogP contribution in [0.2, 0.25) is 0 Å². The average molecular weight is 227 g/mol. The molecule has 82 valence electrons. The predicted molar refractivity (Wildman–Crippen MR) is 54.7 cm³/mol. The van der Waals surface area contributed by atoms with Gasteiger partial charge in [0.1, 0.15) is 18.4 Å². The summed E-state index contributed by atoms with van der Waals surface area (Å²) in [5, 5.41) is 19.8. The van der Waals surface area contributed by atoms with E-state index in [0.717, 1.165) is 0 Å². The Morgan fingerprint density at radius 1 is 1.47 bits per heavy atom. The van der Waals surface area contributed by atoms with Crippen molar-refractivity contribution < 1.29 is 9.21 Å². The highest BCUT2D eigenvalue weighted by Crippen LogP contribution is 2.09. The Balaban J connectivity index is 2.21. The fourth-order valence-electron chi connectivity index (χ4n) is 1.17. The normalized spacial score (nSPS) is 9.29. The van der Waals surface area contributed by atoms with E-state index in [9.17, 15) is 4.79 Å². The van der Waals surface area contributed by atoms with Crippen LogP contribution in [0, 0.1) is 22.7 Å². The first kappa shape index (κ1) is 10.5. The first-order valence-corrected chi connectivity index (χ1v) is 4.48. The number of furan rings is 1. The van der Waals surface area contributed by atoms with Crippen LogP contribution in [0.3, 0.4) is 0 Å². The molecule has 2 N–H and O–H groups in total. The van der Waals surface area contributed by atoms with Crippen molar-refractivity contribution in [3.63, 3.8) is 0 Å². The molecule has 0 saturated heterocycles. The summed E-state index contributed by atoms with van der Waals surface area (Å²) in [4.78, 5) is 17.8. The van der Waals surface area contributed by atoms with Gasteiger partial charge < -0.3 is 9.40 Å². The van der Waals surface area contributed by atoms with E-state index < -0.39 is 5.91 Å². The molecule has 2 rings (SSSR count). The van der Waals surface area contributed by atoms with E-state index in [1.165, 1.54) is 18.6 Å². The van der Waals surface area contributed by atoms with Gasteiger partial charge in [0.05, 0.1) is 11.8 Å². The predicted octanol–water partition coefficient (Wildman–Crippen LogP) is 0.998. The Bertz CT molecular complexity index is 595. The smallest absolute Gasteiger partial charge is 0.261 e. The molecule has 0 saturated carbocycles. The first-order chi connectivity index (χ1) is 8.24. The molecule has 0 radical (unpaired) electrons. The molecule has 7 heteroatoms. The number of hydrogen-bond donors (Lipinski definition) is 2. The number of carbonyl (C=O) groups excluding carboxylic acids is 1. The third-order valence-electron chi connectivity index (χ3n) is 1.94. The van der Waals surface area contributed by atoms with E-state index in [2.05, 4.69) is 15.3 Å². The van der Waals surface area contributed by atoms with Crippen molar-refractivity contribution in [1.82, 2.24) is 9.97 Å². The molecule has 0 atom stereocenters. The van der Waals surface area contributed by atoms with Crippen LogP contribution in [0.15, 0.2) is 23.0 Å². The van der Waals surface area contributed by atoms with Crippen molar-refractivity contribution in [3.05, 3.63) is 35.5 Å². The second kappa shape index (κ2) is 4.21. The minimum absolute atomic E-state index is 0.00925. The fraction of sp³-hybridized carbons (Fsp3) is 0. The Morgan fingerprint density at radius 2 is 2.29 bits per heavy atom. The summed E-state index contributed by atoms with van der Waals surface area (Å²) in [6.45, 7) is 0. The minimum Gasteiger partial charge on any atom is -0.472 e. The molecule has 2 heterocycles. The number of carbonyl (C=O) groups is 1. The van der Waals surface area contributed by atoms with Crippen LogP contribution in [0.25, 0.3) is 0 Å². The molecule has 0 spiro atoms. The standard InChI is InChI=1S/C10H5N5O2/c11-3-7-8(4-12)14-10(13-7)15-9(16)6-1-2-17-5-6/h1-2,5H,(H2,13,14,15,16). The van der Waals surface area contributed by atoms with Gasteiger partial charge in [0.2, 0.25) is 5.95 Å². The van der Waals surface area contributed by atoms with E-state index in [4.69, 9.17) is 14.9 Å². The maximum Gasteiger partial charge on any atom is 0.261 e. The summed E-state index contributed by atoms with van der Waals surface area (Å²) in [6, 6.07) is 4.99. The van der Waals surface area contributed by atoms with Gasteiger partial charge in [-0.2, -0.15) is 10.5 Å². The minimum atomic E-state index is -0.443. The van der Waals surface area contributed by atoms with Gasteiger partial charge in [-0.1, -0.05) is 0 Å². The largest absolute Gasteiger partial charge is 0.472 e. The lowest BCUT2D eigenvalue weighted by atomic mass is 10.3. The molecule has 0 bridgehead atoms. The highest BCUT2D eigenvalue weighted by Gasteiger charge is 2.13. The Labute approximate surface area is 95.3 Å². The first-order valence-electron chi connectivity index (χ1n) is 4.48. The van der Waals surface area contributed by atoms with Gasteiger partial charge in [0.15, 0.2) is 11.4 Å². The van der Waals surface area contributed by atoms with Crippen LogP contribution in [0.4, 0.5) is 5.95 Å². The number of aromatic amines is 1. The molecular weight excluding hydrogens is 222 g/mol. The maximum absolute atomic E-state index is 11.6. The third-order valence-corrected chi connectivity index (χ3v) is 1.94. The van der Waals surface area contributed by atoms with Crippen molar-refractivity contribution in [3.8, 4) is 12.1 Å². The Hall–Kier alpha value is -3.06. The van der Waals surface area contributed by atoms with Crippen molar-refractivity contribution in [2.45, 2.75) is 0 Å². The number of anilines is 1. The second-order valence-corrected chi connectivity index (χ2v) is 3.00. The SMILES string of the molecule is N#Cc1nc(NC(=O)c2ccoc2)[nH]c1C#N. The second-order valence-electron chi connectivity index (χ2n) is 3.00. The van der Waals surface area contributed by atoms with E-state index >= 15 is 0 Å². The van der Waals surface area contributed by atoms with Crippen molar-refractivity contribution in [2.75, 3.05) is 5.32 Å². The summed E-state index contributed by atoms with van der Waals surface area (Å²) >= 11 is 0.